The lowest BCUT2D eigenvalue weighted by atomic mass is 10.2. The molecule has 29 heavy (non-hydrogen) atoms. The SMILES string of the molecule is COc1ccc2nc(N3CCN(CCNC(=O)c4cccc(Br)c4)CC3)sc2c1. The number of rotatable bonds is 6. The Hall–Kier alpha value is -2.16. The van der Waals surface area contributed by atoms with E-state index >= 15 is 0 Å². The summed E-state index contributed by atoms with van der Waals surface area (Å²) in [4.78, 5) is 21.7. The Morgan fingerprint density at radius 1 is 1.21 bits per heavy atom. The van der Waals surface area contributed by atoms with Crippen molar-refractivity contribution in [1.29, 1.82) is 0 Å². The topological polar surface area (TPSA) is 57.7 Å². The number of carbonyl (C=O) groups excluding carboxylic acids is 1. The van der Waals surface area contributed by atoms with Crippen LogP contribution in [0.2, 0.25) is 0 Å². The van der Waals surface area contributed by atoms with Gasteiger partial charge in [0.15, 0.2) is 5.13 Å². The van der Waals surface area contributed by atoms with Gasteiger partial charge in [0.2, 0.25) is 0 Å². The Kier molecular flexibility index (Phi) is 6.32. The molecule has 1 aliphatic rings. The molecular formula is C21H23BrN4O2S. The average molecular weight is 475 g/mol. The van der Waals surface area contributed by atoms with Crippen molar-refractivity contribution in [3.05, 3.63) is 52.5 Å². The lowest BCUT2D eigenvalue weighted by Crippen LogP contribution is -2.48. The Morgan fingerprint density at radius 2 is 2.03 bits per heavy atom. The highest BCUT2D eigenvalue weighted by atomic mass is 79.9. The lowest BCUT2D eigenvalue weighted by molar-refractivity contribution is 0.0947. The fourth-order valence-electron chi connectivity index (χ4n) is 3.38. The summed E-state index contributed by atoms with van der Waals surface area (Å²) < 4.78 is 7.37. The number of ether oxygens (including phenoxy) is 1. The fourth-order valence-corrected chi connectivity index (χ4v) is 4.82. The number of methoxy groups -OCH3 is 1. The van der Waals surface area contributed by atoms with E-state index < -0.39 is 0 Å². The molecule has 8 heteroatoms. The summed E-state index contributed by atoms with van der Waals surface area (Å²) in [6.07, 6.45) is 0. The smallest absolute Gasteiger partial charge is 0.251 e. The molecule has 2 heterocycles. The van der Waals surface area contributed by atoms with Gasteiger partial charge < -0.3 is 15.0 Å². The van der Waals surface area contributed by atoms with E-state index in [1.54, 1.807) is 18.4 Å². The summed E-state index contributed by atoms with van der Waals surface area (Å²) in [5.41, 5.74) is 1.69. The van der Waals surface area contributed by atoms with Crippen LogP contribution in [0, 0.1) is 0 Å². The van der Waals surface area contributed by atoms with Crippen LogP contribution in [0.4, 0.5) is 5.13 Å². The number of benzene rings is 2. The van der Waals surface area contributed by atoms with Crippen LogP contribution < -0.4 is 15.0 Å². The van der Waals surface area contributed by atoms with Crippen molar-refractivity contribution in [2.45, 2.75) is 0 Å². The van der Waals surface area contributed by atoms with E-state index in [9.17, 15) is 4.79 Å². The Bertz CT molecular complexity index is 1000. The minimum atomic E-state index is -0.0326. The highest BCUT2D eigenvalue weighted by Crippen LogP contribution is 2.31. The number of nitrogens with one attached hydrogen (secondary N) is 1. The number of aromatic nitrogens is 1. The summed E-state index contributed by atoms with van der Waals surface area (Å²) in [5, 5.41) is 4.07. The third-order valence-corrected chi connectivity index (χ3v) is 6.60. The number of hydrogen-bond donors (Lipinski definition) is 1. The third-order valence-electron chi connectivity index (χ3n) is 5.03. The van der Waals surface area contributed by atoms with Crippen LogP contribution in [-0.2, 0) is 0 Å². The number of hydrogen-bond acceptors (Lipinski definition) is 6. The second-order valence-electron chi connectivity index (χ2n) is 6.93. The second-order valence-corrected chi connectivity index (χ2v) is 8.85. The van der Waals surface area contributed by atoms with E-state index in [4.69, 9.17) is 9.72 Å². The molecule has 0 saturated carbocycles. The number of anilines is 1. The van der Waals surface area contributed by atoms with Gasteiger partial charge in [-0.2, -0.15) is 0 Å². The molecule has 1 saturated heterocycles. The molecule has 1 aliphatic heterocycles. The molecule has 152 valence electrons. The molecule has 0 spiro atoms. The van der Waals surface area contributed by atoms with Gasteiger partial charge in [0, 0.05) is 49.3 Å². The quantitative estimate of drug-likeness (QED) is 0.591. The molecule has 1 N–H and O–H groups in total. The van der Waals surface area contributed by atoms with Crippen molar-refractivity contribution in [2.75, 3.05) is 51.3 Å². The number of piperazine rings is 1. The number of thiazole rings is 1. The lowest BCUT2D eigenvalue weighted by Gasteiger charge is -2.34. The summed E-state index contributed by atoms with van der Waals surface area (Å²) in [7, 11) is 1.68. The van der Waals surface area contributed by atoms with Gasteiger partial charge in [-0.3, -0.25) is 9.69 Å². The number of halogens is 1. The molecule has 1 amide bonds. The highest BCUT2D eigenvalue weighted by molar-refractivity contribution is 9.10. The normalized spacial score (nSPS) is 14.9. The maximum absolute atomic E-state index is 12.2. The maximum atomic E-state index is 12.2. The van der Waals surface area contributed by atoms with Crippen molar-refractivity contribution < 1.29 is 9.53 Å². The second kappa shape index (κ2) is 9.11. The molecule has 4 rings (SSSR count). The Balaban J connectivity index is 1.26. The molecule has 6 nitrogen and oxygen atoms in total. The van der Waals surface area contributed by atoms with Gasteiger partial charge in [0.1, 0.15) is 5.75 Å². The molecule has 0 radical (unpaired) electrons. The van der Waals surface area contributed by atoms with E-state index in [0.29, 0.717) is 12.1 Å². The maximum Gasteiger partial charge on any atom is 0.251 e. The van der Waals surface area contributed by atoms with Crippen LogP contribution in [-0.4, -0.2) is 62.2 Å². The molecule has 0 atom stereocenters. The molecule has 3 aromatic rings. The predicted molar refractivity (Wildman–Crippen MR) is 121 cm³/mol. The van der Waals surface area contributed by atoms with Gasteiger partial charge in [-0.25, -0.2) is 4.98 Å². The van der Waals surface area contributed by atoms with Crippen LogP contribution >= 0.6 is 27.3 Å². The van der Waals surface area contributed by atoms with E-state index in [2.05, 4.69) is 31.0 Å². The van der Waals surface area contributed by atoms with Gasteiger partial charge in [-0.1, -0.05) is 33.3 Å². The number of carbonyl (C=O) groups is 1. The van der Waals surface area contributed by atoms with Crippen LogP contribution in [0.1, 0.15) is 10.4 Å². The van der Waals surface area contributed by atoms with Crippen LogP contribution in [0.5, 0.6) is 5.75 Å². The third kappa shape index (κ3) is 4.88. The Labute approximate surface area is 182 Å². The first kappa shape index (κ1) is 20.1. The molecule has 2 aromatic carbocycles. The largest absolute Gasteiger partial charge is 0.497 e. The number of amides is 1. The zero-order chi connectivity index (χ0) is 20.2. The molecule has 1 aromatic heterocycles. The first-order valence-electron chi connectivity index (χ1n) is 9.58. The van der Waals surface area contributed by atoms with Crippen molar-refractivity contribution in [1.82, 2.24) is 15.2 Å². The monoisotopic (exact) mass is 474 g/mol. The van der Waals surface area contributed by atoms with Gasteiger partial charge in [-0.05, 0) is 36.4 Å². The Morgan fingerprint density at radius 3 is 2.79 bits per heavy atom. The standard InChI is InChI=1S/C21H23BrN4O2S/c1-28-17-5-6-18-19(14-17)29-21(24-18)26-11-9-25(10-12-26)8-7-23-20(27)15-3-2-4-16(22)13-15/h2-6,13-14H,7-12H2,1H3,(H,23,27). The van der Waals surface area contributed by atoms with Gasteiger partial charge in [0.25, 0.3) is 5.91 Å². The van der Waals surface area contributed by atoms with E-state index in [1.165, 1.54) is 0 Å². The van der Waals surface area contributed by atoms with E-state index in [1.807, 2.05) is 42.5 Å². The minimum absolute atomic E-state index is 0.0326. The zero-order valence-electron chi connectivity index (χ0n) is 16.2. The van der Waals surface area contributed by atoms with E-state index in [-0.39, 0.29) is 5.91 Å². The van der Waals surface area contributed by atoms with Crippen LogP contribution in [0.25, 0.3) is 10.2 Å². The minimum Gasteiger partial charge on any atom is -0.497 e. The van der Waals surface area contributed by atoms with Gasteiger partial charge in [0.05, 0.1) is 17.3 Å². The first-order chi connectivity index (χ1) is 14.1. The fraction of sp³-hybridized carbons (Fsp3) is 0.333. The van der Waals surface area contributed by atoms with E-state index in [0.717, 1.165) is 58.3 Å². The first-order valence-corrected chi connectivity index (χ1v) is 11.2. The molecule has 1 fully saturated rings. The highest BCUT2D eigenvalue weighted by Gasteiger charge is 2.20. The van der Waals surface area contributed by atoms with Gasteiger partial charge in [-0.15, -0.1) is 0 Å². The van der Waals surface area contributed by atoms with Crippen molar-refractivity contribution >= 4 is 48.5 Å². The summed E-state index contributed by atoms with van der Waals surface area (Å²) in [6, 6.07) is 13.5. The van der Waals surface area contributed by atoms with Crippen LogP contribution in [0.15, 0.2) is 46.9 Å². The summed E-state index contributed by atoms with van der Waals surface area (Å²) in [5.74, 6) is 0.831. The molecular weight excluding hydrogens is 452 g/mol. The van der Waals surface area contributed by atoms with Crippen molar-refractivity contribution in [3.8, 4) is 5.75 Å². The number of fused-ring (bicyclic) bond motifs is 1. The number of nitrogens with zero attached hydrogens (tertiary/aromatic N) is 3. The molecule has 0 aliphatic carbocycles. The molecule has 0 unspecified atom stereocenters. The summed E-state index contributed by atoms with van der Waals surface area (Å²) >= 11 is 5.11. The molecule has 0 bridgehead atoms. The van der Waals surface area contributed by atoms with Crippen molar-refractivity contribution in [2.24, 2.45) is 0 Å². The van der Waals surface area contributed by atoms with Gasteiger partial charge >= 0.3 is 0 Å². The predicted octanol–water partition coefficient (Wildman–Crippen LogP) is 3.62. The zero-order valence-corrected chi connectivity index (χ0v) is 18.6. The summed E-state index contributed by atoms with van der Waals surface area (Å²) in [6.45, 7) is 5.31. The average Bonchev–Trinajstić information content (AvgIpc) is 3.17. The van der Waals surface area contributed by atoms with Crippen LogP contribution in [0.3, 0.4) is 0 Å². The van der Waals surface area contributed by atoms with Crippen molar-refractivity contribution in [3.63, 3.8) is 0 Å².